The summed E-state index contributed by atoms with van der Waals surface area (Å²) < 4.78 is 6.69. The molecule has 0 fully saturated rings. The molecule has 0 aliphatic rings. The molecule has 0 radical (unpaired) electrons. The topological polar surface area (TPSA) is 117 Å². The summed E-state index contributed by atoms with van der Waals surface area (Å²) in [5, 5.41) is 17.8. The molecule has 0 spiro atoms. The van der Waals surface area contributed by atoms with Crippen LogP contribution in [-0.2, 0) is 0 Å². The summed E-state index contributed by atoms with van der Waals surface area (Å²) in [4.78, 5) is 25.3. The van der Waals surface area contributed by atoms with Crippen LogP contribution in [0.2, 0.25) is 0 Å². The second kappa shape index (κ2) is 9.55. The second-order valence-corrected chi connectivity index (χ2v) is 8.49. The summed E-state index contributed by atoms with van der Waals surface area (Å²) in [5.41, 5.74) is 4.41. The maximum absolute atomic E-state index is 14.1. The first-order chi connectivity index (χ1) is 18.6. The molecular weight excluding hydrogens is 480 g/mol. The van der Waals surface area contributed by atoms with Crippen molar-refractivity contribution in [3.63, 3.8) is 0 Å². The molecular formula is C29H22N6O3. The molecule has 0 unspecified atom stereocenters. The Morgan fingerprint density at radius 3 is 2.16 bits per heavy atom. The molecule has 0 aliphatic heterocycles. The fourth-order valence-corrected chi connectivity index (χ4v) is 4.42. The van der Waals surface area contributed by atoms with E-state index in [-0.39, 0.29) is 11.6 Å². The zero-order chi connectivity index (χ0) is 26.1. The van der Waals surface area contributed by atoms with E-state index >= 15 is 0 Å². The van der Waals surface area contributed by atoms with Crippen molar-refractivity contribution in [1.29, 1.82) is 0 Å². The number of nitrogens with one attached hydrogen (secondary N) is 2. The fourth-order valence-electron chi connectivity index (χ4n) is 4.42. The number of nitrogens with zero attached hydrogens (tertiary/aromatic N) is 4. The minimum atomic E-state index is -0.384. The Morgan fingerprint density at radius 1 is 0.842 bits per heavy atom. The van der Waals surface area contributed by atoms with Gasteiger partial charge >= 0.3 is 6.01 Å². The van der Waals surface area contributed by atoms with E-state index in [1.54, 1.807) is 37.4 Å². The number of fused-ring (bicyclic) bond motifs is 1. The molecule has 0 atom stereocenters. The van der Waals surface area contributed by atoms with E-state index in [1.807, 2.05) is 60.7 Å². The first-order valence-electron chi connectivity index (χ1n) is 11.9. The molecule has 3 aromatic carbocycles. The number of hydrogen-bond acceptors (Lipinski definition) is 7. The van der Waals surface area contributed by atoms with Crippen LogP contribution in [0.5, 0.6) is 11.8 Å². The van der Waals surface area contributed by atoms with Crippen molar-refractivity contribution in [2.75, 3.05) is 12.4 Å². The monoisotopic (exact) mass is 502 g/mol. The summed E-state index contributed by atoms with van der Waals surface area (Å²) in [6.45, 7) is 0. The zero-order valence-electron chi connectivity index (χ0n) is 20.3. The van der Waals surface area contributed by atoms with Gasteiger partial charge in [-0.2, -0.15) is 14.6 Å². The lowest BCUT2D eigenvalue weighted by Crippen LogP contribution is -2.19. The third-order valence-electron chi connectivity index (χ3n) is 6.17. The van der Waals surface area contributed by atoms with Crippen LogP contribution in [0.1, 0.15) is 0 Å². The Balaban J connectivity index is 1.67. The minimum absolute atomic E-state index is 0.316. The molecule has 3 heterocycles. The number of aromatic nitrogens is 5. The summed E-state index contributed by atoms with van der Waals surface area (Å²) >= 11 is 0. The van der Waals surface area contributed by atoms with Crippen LogP contribution in [0.3, 0.4) is 0 Å². The molecule has 186 valence electrons. The van der Waals surface area contributed by atoms with E-state index in [4.69, 9.17) is 9.84 Å². The van der Waals surface area contributed by atoms with Crippen molar-refractivity contribution >= 4 is 17.3 Å². The number of anilines is 2. The Hall–Kier alpha value is -5.44. The lowest BCUT2D eigenvalue weighted by molar-refractivity contribution is 0.415. The van der Waals surface area contributed by atoms with Gasteiger partial charge in [0, 0.05) is 11.8 Å². The lowest BCUT2D eigenvalue weighted by atomic mass is 10.0. The number of benzene rings is 3. The van der Waals surface area contributed by atoms with Crippen molar-refractivity contribution in [3.05, 3.63) is 108 Å². The Labute approximate surface area is 217 Å². The number of aromatic amines is 1. The number of methoxy groups -OCH3 is 1. The standard InChI is InChI=1S/C29H22N6O3/c1-38-21-14-12-19(13-15-21)24-26(31-22-16-17-30-29(37)32-22)33-27-23(18-8-4-2-5-9-18)25(34-35(27)28(24)36)20-10-6-3-7-11-20/h2-17,33H,1H3,(H2,30,31,32,37). The first-order valence-corrected chi connectivity index (χ1v) is 11.9. The van der Waals surface area contributed by atoms with Gasteiger partial charge in [-0.25, -0.2) is 4.98 Å². The summed E-state index contributed by atoms with van der Waals surface area (Å²) in [7, 11) is 1.59. The Kier molecular flexibility index (Phi) is 5.78. The molecule has 6 aromatic rings. The van der Waals surface area contributed by atoms with Crippen LogP contribution in [0.4, 0.5) is 11.6 Å². The maximum Gasteiger partial charge on any atom is 0.315 e. The van der Waals surface area contributed by atoms with E-state index in [0.717, 1.165) is 16.7 Å². The second-order valence-electron chi connectivity index (χ2n) is 8.49. The molecule has 9 heteroatoms. The predicted octanol–water partition coefficient (Wildman–Crippen LogP) is 5.27. The van der Waals surface area contributed by atoms with Crippen molar-refractivity contribution in [2.24, 2.45) is 0 Å². The van der Waals surface area contributed by atoms with Crippen molar-refractivity contribution in [3.8, 4) is 45.3 Å². The highest BCUT2D eigenvalue weighted by molar-refractivity contribution is 5.92. The van der Waals surface area contributed by atoms with Crippen LogP contribution >= 0.6 is 0 Å². The molecule has 0 bridgehead atoms. The molecule has 0 amide bonds. The van der Waals surface area contributed by atoms with Crippen LogP contribution in [0.25, 0.3) is 39.2 Å². The van der Waals surface area contributed by atoms with Crippen molar-refractivity contribution < 1.29 is 9.84 Å². The number of rotatable bonds is 6. The molecule has 38 heavy (non-hydrogen) atoms. The van der Waals surface area contributed by atoms with Crippen LogP contribution in [0, 0.1) is 0 Å². The van der Waals surface area contributed by atoms with E-state index in [0.29, 0.717) is 39.9 Å². The largest absolute Gasteiger partial charge is 0.497 e. The summed E-state index contributed by atoms with van der Waals surface area (Å²) in [5.74, 6) is 1.37. The fraction of sp³-hybridized carbons (Fsp3) is 0.0345. The van der Waals surface area contributed by atoms with E-state index in [2.05, 4.69) is 20.3 Å². The van der Waals surface area contributed by atoms with Crippen molar-refractivity contribution in [2.45, 2.75) is 0 Å². The molecule has 3 aromatic heterocycles. The lowest BCUT2D eigenvalue weighted by Gasteiger charge is -2.13. The highest BCUT2D eigenvalue weighted by atomic mass is 16.5. The van der Waals surface area contributed by atoms with Gasteiger partial charge in [0.2, 0.25) is 0 Å². The number of hydrogen-bond donors (Lipinski definition) is 3. The molecule has 3 N–H and O–H groups in total. The first kappa shape index (κ1) is 23.0. The average Bonchev–Trinajstić information content (AvgIpc) is 3.34. The molecule has 9 nitrogen and oxygen atoms in total. The van der Waals surface area contributed by atoms with Crippen molar-refractivity contribution in [1.82, 2.24) is 24.6 Å². The van der Waals surface area contributed by atoms with Gasteiger partial charge in [0.05, 0.1) is 18.2 Å². The van der Waals surface area contributed by atoms with E-state index < -0.39 is 0 Å². The van der Waals surface area contributed by atoms with Gasteiger partial charge < -0.3 is 20.1 Å². The van der Waals surface area contributed by atoms with Crippen LogP contribution in [0.15, 0.2) is 102 Å². The van der Waals surface area contributed by atoms with Gasteiger partial charge in [0.15, 0.2) is 0 Å². The molecule has 0 saturated carbocycles. The Bertz CT molecular complexity index is 1800. The number of ether oxygens (including phenoxy) is 1. The van der Waals surface area contributed by atoms with E-state index in [9.17, 15) is 9.90 Å². The molecule has 0 aliphatic carbocycles. The third-order valence-corrected chi connectivity index (χ3v) is 6.17. The number of aromatic hydroxyl groups is 1. The van der Waals surface area contributed by atoms with Gasteiger partial charge in [-0.1, -0.05) is 72.8 Å². The highest BCUT2D eigenvalue weighted by Crippen LogP contribution is 2.36. The van der Waals surface area contributed by atoms with E-state index in [1.165, 1.54) is 10.7 Å². The third kappa shape index (κ3) is 4.11. The quantitative estimate of drug-likeness (QED) is 0.284. The zero-order valence-corrected chi connectivity index (χ0v) is 20.3. The predicted molar refractivity (Wildman–Crippen MR) is 146 cm³/mol. The summed E-state index contributed by atoms with van der Waals surface area (Å²) in [6.07, 6.45) is 1.43. The van der Waals surface area contributed by atoms with Gasteiger partial charge in [-0.05, 0) is 29.3 Å². The Morgan fingerprint density at radius 2 is 1.50 bits per heavy atom. The van der Waals surface area contributed by atoms with Gasteiger partial charge in [0.1, 0.15) is 28.7 Å². The van der Waals surface area contributed by atoms with Gasteiger partial charge in [-0.3, -0.25) is 4.79 Å². The number of H-pyrrole nitrogens is 1. The summed E-state index contributed by atoms with van der Waals surface area (Å²) in [6, 6.07) is 27.9. The van der Waals surface area contributed by atoms with Crippen LogP contribution in [-0.4, -0.2) is 36.8 Å². The van der Waals surface area contributed by atoms with Gasteiger partial charge in [-0.15, -0.1) is 0 Å². The SMILES string of the molecule is COc1ccc(-c2c(Nc3ccnc(O)n3)[nH]c3c(-c4ccccc4)c(-c4ccccc4)nn3c2=O)cc1. The van der Waals surface area contributed by atoms with Crippen LogP contribution < -0.4 is 15.6 Å². The smallest absolute Gasteiger partial charge is 0.315 e. The average molecular weight is 503 g/mol. The van der Waals surface area contributed by atoms with Gasteiger partial charge in [0.25, 0.3) is 5.56 Å². The molecule has 0 saturated heterocycles. The maximum atomic E-state index is 14.1. The highest BCUT2D eigenvalue weighted by Gasteiger charge is 2.23. The molecule has 6 rings (SSSR count). The minimum Gasteiger partial charge on any atom is -0.497 e. The normalized spacial score (nSPS) is 11.0.